The molecule has 2 rings (SSSR count). The van der Waals surface area contributed by atoms with Gasteiger partial charge >= 0.3 is 0 Å². The molecule has 0 aromatic carbocycles. The standard InChI is InChI=1S/C8H10N6/c1-6(9)7-12-5-13-14(7)8-10-3-2-4-11-8/h2-6H,9H2,1H3/p+1/t6-/m0/s1. The first kappa shape index (κ1) is 8.76. The van der Waals surface area contributed by atoms with Crippen molar-refractivity contribution in [2.24, 2.45) is 0 Å². The molecule has 6 heteroatoms. The van der Waals surface area contributed by atoms with Gasteiger partial charge in [-0.2, -0.15) is 9.78 Å². The van der Waals surface area contributed by atoms with E-state index in [2.05, 4.69) is 25.8 Å². The van der Waals surface area contributed by atoms with Crippen molar-refractivity contribution >= 4 is 0 Å². The molecule has 0 amide bonds. The van der Waals surface area contributed by atoms with Gasteiger partial charge in [-0.25, -0.2) is 15.0 Å². The summed E-state index contributed by atoms with van der Waals surface area (Å²) in [5.74, 6) is 1.28. The predicted molar refractivity (Wildman–Crippen MR) is 48.3 cm³/mol. The van der Waals surface area contributed by atoms with Crippen molar-refractivity contribution in [1.82, 2.24) is 24.7 Å². The third-order valence-corrected chi connectivity index (χ3v) is 1.76. The van der Waals surface area contributed by atoms with Gasteiger partial charge in [-0.3, -0.25) is 0 Å². The molecule has 6 nitrogen and oxygen atoms in total. The maximum atomic E-state index is 4.10. The van der Waals surface area contributed by atoms with Crippen LogP contribution in [0.2, 0.25) is 0 Å². The average Bonchev–Trinajstić information content (AvgIpc) is 2.67. The Kier molecular flexibility index (Phi) is 2.19. The third-order valence-electron chi connectivity index (χ3n) is 1.76. The first-order valence-electron chi connectivity index (χ1n) is 4.29. The first-order valence-corrected chi connectivity index (χ1v) is 4.29. The zero-order valence-electron chi connectivity index (χ0n) is 7.83. The Morgan fingerprint density at radius 1 is 1.29 bits per heavy atom. The molecule has 14 heavy (non-hydrogen) atoms. The highest BCUT2D eigenvalue weighted by Crippen LogP contribution is 2.06. The topological polar surface area (TPSA) is 84.1 Å². The van der Waals surface area contributed by atoms with Gasteiger partial charge in [0, 0.05) is 12.4 Å². The molecule has 3 N–H and O–H groups in total. The Morgan fingerprint density at radius 3 is 2.64 bits per heavy atom. The van der Waals surface area contributed by atoms with Gasteiger partial charge in [0.2, 0.25) is 0 Å². The van der Waals surface area contributed by atoms with Crippen LogP contribution >= 0.6 is 0 Å². The van der Waals surface area contributed by atoms with E-state index in [0.29, 0.717) is 5.95 Å². The molecule has 0 saturated heterocycles. The molecule has 0 aliphatic rings. The van der Waals surface area contributed by atoms with Crippen LogP contribution in [0.3, 0.4) is 0 Å². The van der Waals surface area contributed by atoms with Crippen LogP contribution in [0.5, 0.6) is 0 Å². The molecule has 0 radical (unpaired) electrons. The van der Waals surface area contributed by atoms with Crippen molar-refractivity contribution in [3.8, 4) is 5.95 Å². The highest BCUT2D eigenvalue weighted by molar-refractivity contribution is 5.10. The first-order chi connectivity index (χ1) is 6.79. The summed E-state index contributed by atoms with van der Waals surface area (Å²) >= 11 is 0. The molecule has 2 heterocycles. The minimum absolute atomic E-state index is 0.0568. The second-order valence-electron chi connectivity index (χ2n) is 2.98. The summed E-state index contributed by atoms with van der Waals surface area (Å²) in [4.78, 5) is 12.3. The SMILES string of the molecule is C[C@H]([NH3+])c1ncnn1-c1ncccn1. The van der Waals surface area contributed by atoms with Crippen molar-refractivity contribution in [3.63, 3.8) is 0 Å². The van der Waals surface area contributed by atoms with Crippen LogP contribution in [-0.2, 0) is 0 Å². The molecule has 72 valence electrons. The molecule has 1 atom stereocenters. The summed E-state index contributed by atoms with van der Waals surface area (Å²) < 4.78 is 1.59. The highest BCUT2D eigenvalue weighted by atomic mass is 15.4. The van der Waals surface area contributed by atoms with Crippen LogP contribution in [-0.4, -0.2) is 24.7 Å². The zero-order valence-corrected chi connectivity index (χ0v) is 7.83. The molecule has 2 aromatic heterocycles. The molecule has 0 aliphatic heterocycles. The molecule has 0 saturated carbocycles. The summed E-state index contributed by atoms with van der Waals surface area (Å²) in [6, 6.07) is 1.81. The van der Waals surface area contributed by atoms with Gasteiger partial charge in [0.25, 0.3) is 5.95 Å². The maximum Gasteiger partial charge on any atom is 0.252 e. The van der Waals surface area contributed by atoms with E-state index in [1.807, 2.05) is 6.92 Å². The van der Waals surface area contributed by atoms with Crippen LogP contribution in [0.15, 0.2) is 24.8 Å². The van der Waals surface area contributed by atoms with Crippen LogP contribution < -0.4 is 5.73 Å². The lowest BCUT2D eigenvalue weighted by atomic mass is 10.3. The Balaban J connectivity index is 2.47. The van der Waals surface area contributed by atoms with E-state index in [1.54, 1.807) is 23.1 Å². The Bertz CT molecular complexity index is 407. The predicted octanol–water partition coefficient (Wildman–Crippen LogP) is -0.640. The Morgan fingerprint density at radius 2 is 2.00 bits per heavy atom. The molecule has 0 spiro atoms. The van der Waals surface area contributed by atoms with E-state index in [1.165, 1.54) is 6.33 Å². The third kappa shape index (κ3) is 1.47. The van der Waals surface area contributed by atoms with Crippen LogP contribution in [0.4, 0.5) is 0 Å². The second-order valence-corrected chi connectivity index (χ2v) is 2.98. The van der Waals surface area contributed by atoms with E-state index in [4.69, 9.17) is 0 Å². The van der Waals surface area contributed by atoms with E-state index in [-0.39, 0.29) is 6.04 Å². The van der Waals surface area contributed by atoms with Crippen molar-refractivity contribution in [1.29, 1.82) is 0 Å². The lowest BCUT2D eigenvalue weighted by Gasteiger charge is -2.03. The monoisotopic (exact) mass is 191 g/mol. The minimum atomic E-state index is 0.0568. The lowest BCUT2D eigenvalue weighted by Crippen LogP contribution is -2.52. The fraction of sp³-hybridized carbons (Fsp3) is 0.250. The van der Waals surface area contributed by atoms with Crippen molar-refractivity contribution in [2.45, 2.75) is 13.0 Å². The number of hydrogen-bond donors (Lipinski definition) is 1. The van der Waals surface area contributed by atoms with Crippen LogP contribution in [0.25, 0.3) is 5.95 Å². The fourth-order valence-corrected chi connectivity index (χ4v) is 1.14. The molecule has 0 bridgehead atoms. The summed E-state index contributed by atoms with van der Waals surface area (Å²) in [5.41, 5.74) is 3.89. The largest absolute Gasteiger partial charge is 0.349 e. The summed E-state index contributed by atoms with van der Waals surface area (Å²) in [7, 11) is 0. The molecule has 0 aliphatic carbocycles. The molecule has 2 aromatic rings. The number of hydrogen-bond acceptors (Lipinski definition) is 4. The molecular formula is C8H11N6+. The van der Waals surface area contributed by atoms with Gasteiger partial charge in [0.1, 0.15) is 12.4 Å². The van der Waals surface area contributed by atoms with Gasteiger partial charge in [0.05, 0.1) is 0 Å². The Labute approximate surface area is 80.8 Å². The summed E-state index contributed by atoms with van der Waals surface area (Å²) in [6.07, 6.45) is 4.82. The summed E-state index contributed by atoms with van der Waals surface area (Å²) in [6.45, 7) is 1.95. The van der Waals surface area contributed by atoms with Crippen molar-refractivity contribution in [3.05, 3.63) is 30.6 Å². The van der Waals surface area contributed by atoms with E-state index in [0.717, 1.165) is 5.82 Å². The molecule has 0 fully saturated rings. The second kappa shape index (κ2) is 3.51. The van der Waals surface area contributed by atoms with E-state index in [9.17, 15) is 0 Å². The van der Waals surface area contributed by atoms with Crippen molar-refractivity contribution in [2.75, 3.05) is 0 Å². The van der Waals surface area contributed by atoms with Gasteiger partial charge in [-0.15, -0.1) is 0 Å². The lowest BCUT2D eigenvalue weighted by molar-refractivity contribution is -0.422. The van der Waals surface area contributed by atoms with Gasteiger partial charge in [-0.05, 0) is 13.0 Å². The van der Waals surface area contributed by atoms with E-state index < -0.39 is 0 Å². The van der Waals surface area contributed by atoms with Crippen LogP contribution in [0, 0.1) is 0 Å². The molecule has 0 unspecified atom stereocenters. The highest BCUT2D eigenvalue weighted by Gasteiger charge is 2.14. The minimum Gasteiger partial charge on any atom is -0.349 e. The Hall–Kier alpha value is -1.82. The quantitative estimate of drug-likeness (QED) is 0.684. The average molecular weight is 191 g/mol. The number of quaternary nitrogens is 1. The van der Waals surface area contributed by atoms with Crippen molar-refractivity contribution < 1.29 is 5.73 Å². The van der Waals surface area contributed by atoms with Gasteiger partial charge in [-0.1, -0.05) is 0 Å². The zero-order chi connectivity index (χ0) is 9.97. The smallest absolute Gasteiger partial charge is 0.252 e. The maximum absolute atomic E-state index is 4.10. The van der Waals surface area contributed by atoms with Crippen LogP contribution in [0.1, 0.15) is 18.8 Å². The number of aromatic nitrogens is 5. The number of nitrogens with zero attached hydrogens (tertiary/aromatic N) is 5. The normalized spacial score (nSPS) is 12.7. The molecular weight excluding hydrogens is 180 g/mol. The number of rotatable bonds is 2. The fourth-order valence-electron chi connectivity index (χ4n) is 1.14. The van der Waals surface area contributed by atoms with Gasteiger partial charge in [0.15, 0.2) is 5.82 Å². The van der Waals surface area contributed by atoms with E-state index >= 15 is 0 Å². The summed E-state index contributed by atoms with van der Waals surface area (Å²) in [5, 5.41) is 4.05. The van der Waals surface area contributed by atoms with Gasteiger partial charge < -0.3 is 5.73 Å².